The Morgan fingerprint density at radius 3 is 0.789 bits per heavy atom. The van der Waals surface area contributed by atoms with Crippen molar-refractivity contribution in [2.75, 3.05) is 13.2 Å². The van der Waals surface area contributed by atoms with Gasteiger partial charge in [-0.25, -0.2) is 0 Å². The van der Waals surface area contributed by atoms with Gasteiger partial charge in [0.05, 0.1) is 0 Å². The molecule has 0 aromatic carbocycles. The van der Waals surface area contributed by atoms with E-state index in [9.17, 15) is 14.4 Å². The SMILES string of the molecule is CCCCCC/C=C\C/C=C\CCCCCCCC(=O)OC(COC(=O)CCCCCCCCCCCCC/C=C\C/C=C\CCCCCCC)COC(=O)CCCCCCCCCCCCCCCC. The normalized spacial score (nSPS) is 12.3. The molecule has 0 aromatic rings. The lowest BCUT2D eigenvalue weighted by molar-refractivity contribution is -0.167. The Morgan fingerprint density at radius 1 is 0.282 bits per heavy atom. The predicted octanol–water partition coefficient (Wildman–Crippen LogP) is 21.0. The zero-order valence-electron chi connectivity index (χ0n) is 47.5. The molecule has 0 spiro atoms. The molecule has 0 saturated heterocycles. The van der Waals surface area contributed by atoms with Gasteiger partial charge in [0.2, 0.25) is 0 Å². The van der Waals surface area contributed by atoms with Crippen molar-refractivity contribution in [2.24, 2.45) is 0 Å². The standard InChI is InChI=1S/C65H118O6/c1-4-7-10-13-16-19-22-25-28-30-31-32-33-34-35-36-38-40-43-46-49-52-55-58-64(67)70-61-62(60-69-63(66)57-54-51-48-45-42-39-27-24-21-18-15-12-9-6-3)71-65(68)59-56-53-50-47-44-41-37-29-26-23-20-17-14-11-8-5-2/h20,22-23,25,29-31,37,62H,4-19,21,24,26-28,32-36,38-61H2,1-3H3/b23-20-,25-22-,31-30-,37-29-. The molecule has 0 saturated carbocycles. The average Bonchev–Trinajstić information content (AvgIpc) is 3.37. The third-order valence-electron chi connectivity index (χ3n) is 13.8. The first-order chi connectivity index (χ1) is 35.0. The zero-order chi connectivity index (χ0) is 51.4. The number of carbonyl (C=O) groups is 3. The lowest BCUT2D eigenvalue weighted by Gasteiger charge is -2.18. The molecule has 0 aliphatic heterocycles. The van der Waals surface area contributed by atoms with E-state index in [1.807, 2.05) is 0 Å². The molecule has 0 fully saturated rings. The molecule has 1 unspecified atom stereocenters. The molecule has 0 bridgehead atoms. The number of unbranched alkanes of at least 4 members (excludes halogenated alkanes) is 38. The molecule has 0 rings (SSSR count). The molecule has 414 valence electrons. The van der Waals surface area contributed by atoms with Crippen molar-refractivity contribution in [2.45, 2.75) is 335 Å². The molecule has 6 nitrogen and oxygen atoms in total. The van der Waals surface area contributed by atoms with E-state index in [-0.39, 0.29) is 31.1 Å². The van der Waals surface area contributed by atoms with E-state index in [0.717, 1.165) is 89.9 Å². The van der Waals surface area contributed by atoms with Crippen LogP contribution in [-0.4, -0.2) is 37.2 Å². The molecule has 6 heteroatoms. The first-order valence-corrected chi connectivity index (χ1v) is 31.1. The van der Waals surface area contributed by atoms with Gasteiger partial charge in [-0.2, -0.15) is 0 Å². The maximum atomic E-state index is 12.9. The van der Waals surface area contributed by atoms with Gasteiger partial charge in [0.25, 0.3) is 0 Å². The van der Waals surface area contributed by atoms with Crippen LogP contribution < -0.4 is 0 Å². The van der Waals surface area contributed by atoms with E-state index in [0.29, 0.717) is 19.3 Å². The molecule has 0 aliphatic rings. The Hall–Kier alpha value is -2.63. The van der Waals surface area contributed by atoms with Crippen molar-refractivity contribution in [1.82, 2.24) is 0 Å². The van der Waals surface area contributed by atoms with Crippen LogP contribution in [0.5, 0.6) is 0 Å². The Kier molecular flexibility index (Phi) is 57.7. The number of ether oxygens (including phenoxy) is 3. The molecule has 0 amide bonds. The molecule has 71 heavy (non-hydrogen) atoms. The summed E-state index contributed by atoms with van der Waals surface area (Å²) in [7, 11) is 0. The number of carbonyl (C=O) groups excluding carboxylic acids is 3. The second-order valence-electron chi connectivity index (χ2n) is 21.0. The fraction of sp³-hybridized carbons (Fsp3) is 0.831. The van der Waals surface area contributed by atoms with Gasteiger partial charge in [-0.15, -0.1) is 0 Å². The maximum absolute atomic E-state index is 12.9. The summed E-state index contributed by atoms with van der Waals surface area (Å²) in [6.07, 6.45) is 73.9. The molecular weight excluding hydrogens is 877 g/mol. The van der Waals surface area contributed by atoms with Crippen molar-refractivity contribution in [1.29, 1.82) is 0 Å². The lowest BCUT2D eigenvalue weighted by Crippen LogP contribution is -2.30. The summed E-state index contributed by atoms with van der Waals surface area (Å²) in [5, 5.41) is 0. The summed E-state index contributed by atoms with van der Waals surface area (Å²) in [5.41, 5.74) is 0. The van der Waals surface area contributed by atoms with Gasteiger partial charge in [0.15, 0.2) is 6.10 Å². The van der Waals surface area contributed by atoms with Crippen LogP contribution in [0.4, 0.5) is 0 Å². The van der Waals surface area contributed by atoms with Crippen molar-refractivity contribution in [3.63, 3.8) is 0 Å². The Labute approximate surface area is 441 Å². The van der Waals surface area contributed by atoms with E-state index < -0.39 is 6.10 Å². The van der Waals surface area contributed by atoms with E-state index in [2.05, 4.69) is 69.4 Å². The minimum atomic E-state index is -0.779. The molecule has 0 aromatic heterocycles. The molecule has 0 aliphatic carbocycles. The summed E-state index contributed by atoms with van der Waals surface area (Å²) in [4.78, 5) is 38.2. The Morgan fingerprint density at radius 2 is 0.507 bits per heavy atom. The van der Waals surface area contributed by atoms with Crippen LogP contribution in [0.2, 0.25) is 0 Å². The minimum absolute atomic E-state index is 0.0759. The van der Waals surface area contributed by atoms with Crippen molar-refractivity contribution in [3.05, 3.63) is 48.6 Å². The Bertz CT molecular complexity index is 1230. The quantitative estimate of drug-likeness (QED) is 0.0261. The molecule has 0 N–H and O–H groups in total. The van der Waals surface area contributed by atoms with E-state index >= 15 is 0 Å². The lowest BCUT2D eigenvalue weighted by atomic mass is 10.0. The zero-order valence-corrected chi connectivity index (χ0v) is 47.5. The van der Waals surface area contributed by atoms with Gasteiger partial charge >= 0.3 is 17.9 Å². The smallest absolute Gasteiger partial charge is 0.306 e. The third kappa shape index (κ3) is 58.1. The summed E-state index contributed by atoms with van der Waals surface area (Å²) >= 11 is 0. The van der Waals surface area contributed by atoms with Gasteiger partial charge in [-0.3, -0.25) is 14.4 Å². The summed E-state index contributed by atoms with van der Waals surface area (Å²) < 4.78 is 16.9. The van der Waals surface area contributed by atoms with Gasteiger partial charge < -0.3 is 14.2 Å². The second kappa shape index (κ2) is 59.9. The van der Waals surface area contributed by atoms with Crippen molar-refractivity contribution < 1.29 is 28.6 Å². The molecule has 0 heterocycles. The number of hydrogen-bond acceptors (Lipinski definition) is 6. The number of rotatable bonds is 57. The van der Waals surface area contributed by atoms with Gasteiger partial charge in [0.1, 0.15) is 13.2 Å². The summed E-state index contributed by atoms with van der Waals surface area (Å²) in [6, 6.07) is 0. The fourth-order valence-electron chi connectivity index (χ4n) is 9.09. The van der Waals surface area contributed by atoms with Crippen LogP contribution in [0.25, 0.3) is 0 Å². The van der Waals surface area contributed by atoms with Gasteiger partial charge in [0, 0.05) is 19.3 Å². The van der Waals surface area contributed by atoms with Crippen LogP contribution in [0, 0.1) is 0 Å². The van der Waals surface area contributed by atoms with Crippen molar-refractivity contribution >= 4 is 17.9 Å². The van der Waals surface area contributed by atoms with Crippen LogP contribution >= 0.6 is 0 Å². The average molecular weight is 996 g/mol. The first kappa shape index (κ1) is 68.4. The highest BCUT2D eigenvalue weighted by molar-refractivity contribution is 5.71. The molecule has 1 atom stereocenters. The second-order valence-corrected chi connectivity index (χ2v) is 21.0. The summed E-state index contributed by atoms with van der Waals surface area (Å²) in [6.45, 7) is 6.64. The number of allylic oxidation sites excluding steroid dienone is 8. The van der Waals surface area contributed by atoms with Crippen LogP contribution in [-0.2, 0) is 28.6 Å². The highest BCUT2D eigenvalue weighted by Crippen LogP contribution is 2.17. The monoisotopic (exact) mass is 995 g/mol. The topological polar surface area (TPSA) is 78.9 Å². The maximum Gasteiger partial charge on any atom is 0.306 e. The fourth-order valence-corrected chi connectivity index (χ4v) is 9.09. The van der Waals surface area contributed by atoms with Gasteiger partial charge in [-0.05, 0) is 83.5 Å². The predicted molar refractivity (Wildman–Crippen MR) is 307 cm³/mol. The summed E-state index contributed by atoms with van der Waals surface area (Å²) in [5.74, 6) is -0.873. The van der Waals surface area contributed by atoms with E-state index in [1.165, 1.54) is 199 Å². The highest BCUT2D eigenvalue weighted by atomic mass is 16.6. The van der Waals surface area contributed by atoms with Crippen LogP contribution in [0.1, 0.15) is 329 Å². The number of esters is 3. The third-order valence-corrected chi connectivity index (χ3v) is 13.8. The van der Waals surface area contributed by atoms with Crippen LogP contribution in [0.3, 0.4) is 0 Å². The molecule has 0 radical (unpaired) electrons. The highest BCUT2D eigenvalue weighted by Gasteiger charge is 2.19. The first-order valence-electron chi connectivity index (χ1n) is 31.1. The Balaban J connectivity index is 4.31. The molecular formula is C65H118O6. The van der Waals surface area contributed by atoms with E-state index in [4.69, 9.17) is 14.2 Å². The van der Waals surface area contributed by atoms with Crippen molar-refractivity contribution in [3.8, 4) is 0 Å². The number of hydrogen-bond donors (Lipinski definition) is 0. The van der Waals surface area contributed by atoms with Crippen LogP contribution in [0.15, 0.2) is 48.6 Å². The minimum Gasteiger partial charge on any atom is -0.462 e. The largest absolute Gasteiger partial charge is 0.462 e. The van der Waals surface area contributed by atoms with E-state index in [1.54, 1.807) is 0 Å². The van der Waals surface area contributed by atoms with Gasteiger partial charge in [-0.1, -0.05) is 275 Å².